The van der Waals surface area contributed by atoms with Crippen molar-refractivity contribution in [3.05, 3.63) is 62.1 Å². The second-order valence-corrected chi connectivity index (χ2v) is 5.04. The molecule has 0 bridgehead atoms. The SMILES string of the molecule is O=[N+]([O-])c1cc(CCl)ccc1Oc1cc(Cl)cc(Cl)c1. The van der Waals surface area contributed by atoms with E-state index in [4.69, 9.17) is 39.5 Å². The molecule has 0 unspecified atom stereocenters. The molecule has 0 amide bonds. The molecule has 0 aromatic heterocycles. The van der Waals surface area contributed by atoms with Crippen LogP contribution in [-0.4, -0.2) is 4.92 Å². The summed E-state index contributed by atoms with van der Waals surface area (Å²) < 4.78 is 5.48. The second-order valence-electron chi connectivity index (χ2n) is 3.90. The number of rotatable bonds is 4. The quantitative estimate of drug-likeness (QED) is 0.426. The van der Waals surface area contributed by atoms with Crippen LogP contribution in [0, 0.1) is 10.1 Å². The first kappa shape index (κ1) is 14.9. The molecule has 7 heteroatoms. The summed E-state index contributed by atoms with van der Waals surface area (Å²) in [4.78, 5) is 10.5. The number of nitro groups is 1. The number of halogens is 3. The lowest BCUT2D eigenvalue weighted by Crippen LogP contribution is -1.95. The van der Waals surface area contributed by atoms with Gasteiger partial charge in [-0.25, -0.2) is 0 Å². The smallest absolute Gasteiger partial charge is 0.311 e. The molecule has 2 aromatic rings. The van der Waals surface area contributed by atoms with Crippen molar-refractivity contribution in [2.24, 2.45) is 0 Å². The summed E-state index contributed by atoms with van der Waals surface area (Å²) in [5, 5.41) is 11.8. The zero-order valence-electron chi connectivity index (χ0n) is 9.98. The lowest BCUT2D eigenvalue weighted by Gasteiger charge is -2.08. The Kier molecular flexibility index (Phi) is 4.70. The summed E-state index contributed by atoms with van der Waals surface area (Å²) in [5.41, 5.74) is 0.467. The topological polar surface area (TPSA) is 52.4 Å². The van der Waals surface area contributed by atoms with E-state index in [-0.39, 0.29) is 17.3 Å². The van der Waals surface area contributed by atoms with Gasteiger partial charge in [-0.2, -0.15) is 0 Å². The van der Waals surface area contributed by atoms with Gasteiger partial charge in [0.1, 0.15) is 5.75 Å². The molecule has 0 saturated heterocycles. The van der Waals surface area contributed by atoms with Crippen molar-refractivity contribution in [2.75, 3.05) is 0 Å². The lowest BCUT2D eigenvalue weighted by atomic mass is 10.2. The fourth-order valence-electron chi connectivity index (χ4n) is 1.59. The van der Waals surface area contributed by atoms with Crippen LogP contribution in [0.25, 0.3) is 0 Å². The van der Waals surface area contributed by atoms with Gasteiger partial charge in [0.25, 0.3) is 0 Å². The first-order valence-electron chi connectivity index (χ1n) is 5.47. The number of nitro benzene ring substituents is 1. The van der Waals surface area contributed by atoms with Crippen LogP contribution < -0.4 is 4.74 Å². The number of alkyl halides is 1. The second kappa shape index (κ2) is 6.31. The number of hydrogen-bond acceptors (Lipinski definition) is 3. The summed E-state index contributed by atoms with van der Waals surface area (Å²) in [7, 11) is 0. The highest BCUT2D eigenvalue weighted by Gasteiger charge is 2.17. The molecule has 0 N–H and O–H groups in total. The van der Waals surface area contributed by atoms with Gasteiger partial charge in [-0.1, -0.05) is 29.3 Å². The van der Waals surface area contributed by atoms with Crippen LogP contribution >= 0.6 is 34.8 Å². The van der Waals surface area contributed by atoms with Crippen molar-refractivity contribution in [2.45, 2.75) is 5.88 Å². The van der Waals surface area contributed by atoms with Gasteiger partial charge >= 0.3 is 5.69 Å². The minimum absolute atomic E-state index is 0.0993. The van der Waals surface area contributed by atoms with E-state index in [0.29, 0.717) is 21.4 Å². The third kappa shape index (κ3) is 3.54. The van der Waals surface area contributed by atoms with Crippen LogP contribution in [-0.2, 0) is 5.88 Å². The van der Waals surface area contributed by atoms with Gasteiger partial charge in [-0.05, 0) is 29.8 Å². The molecule has 0 atom stereocenters. The number of benzene rings is 2. The molecule has 0 aliphatic rings. The normalized spacial score (nSPS) is 10.3. The molecule has 20 heavy (non-hydrogen) atoms. The molecule has 0 aliphatic heterocycles. The Morgan fingerprint density at radius 1 is 1.10 bits per heavy atom. The minimum Gasteiger partial charge on any atom is -0.450 e. The van der Waals surface area contributed by atoms with E-state index in [1.165, 1.54) is 24.3 Å². The maximum absolute atomic E-state index is 11.0. The minimum atomic E-state index is -0.530. The van der Waals surface area contributed by atoms with E-state index in [9.17, 15) is 10.1 Å². The van der Waals surface area contributed by atoms with E-state index in [2.05, 4.69) is 0 Å². The average Bonchev–Trinajstić information content (AvgIpc) is 2.37. The lowest BCUT2D eigenvalue weighted by molar-refractivity contribution is -0.385. The van der Waals surface area contributed by atoms with E-state index in [1.807, 2.05) is 0 Å². The van der Waals surface area contributed by atoms with Gasteiger partial charge in [-0.3, -0.25) is 10.1 Å². The molecular formula is C13H8Cl3NO3. The van der Waals surface area contributed by atoms with Gasteiger partial charge in [0, 0.05) is 22.0 Å². The van der Waals surface area contributed by atoms with Crippen molar-refractivity contribution in [3.63, 3.8) is 0 Å². The number of ether oxygens (including phenoxy) is 1. The highest BCUT2D eigenvalue weighted by Crippen LogP contribution is 2.34. The zero-order valence-corrected chi connectivity index (χ0v) is 12.2. The van der Waals surface area contributed by atoms with Crippen LogP contribution in [0.4, 0.5) is 5.69 Å². The average molecular weight is 333 g/mol. The van der Waals surface area contributed by atoms with Gasteiger partial charge in [-0.15, -0.1) is 11.6 Å². The summed E-state index contributed by atoms with van der Waals surface area (Å²) in [6.45, 7) is 0. The standard InChI is InChI=1S/C13H8Cl3NO3/c14-7-8-1-2-13(12(3-8)17(18)19)20-11-5-9(15)4-10(16)6-11/h1-6H,7H2. The summed E-state index contributed by atoms with van der Waals surface area (Å²) >= 11 is 17.4. The fraction of sp³-hybridized carbons (Fsp3) is 0.0769. The molecule has 104 valence electrons. The monoisotopic (exact) mass is 331 g/mol. The van der Waals surface area contributed by atoms with E-state index < -0.39 is 4.92 Å². The van der Waals surface area contributed by atoms with Crippen molar-refractivity contribution < 1.29 is 9.66 Å². The number of hydrogen-bond donors (Lipinski definition) is 0. The molecular weight excluding hydrogens is 325 g/mol. The summed E-state index contributed by atoms with van der Waals surface area (Å²) in [6, 6.07) is 9.10. The molecule has 2 rings (SSSR count). The molecule has 0 heterocycles. The molecule has 4 nitrogen and oxygen atoms in total. The highest BCUT2D eigenvalue weighted by atomic mass is 35.5. The van der Waals surface area contributed by atoms with Gasteiger partial charge in [0.2, 0.25) is 5.75 Å². The fourth-order valence-corrected chi connectivity index (χ4v) is 2.26. The third-order valence-electron chi connectivity index (χ3n) is 2.44. The Bertz CT molecular complexity index is 641. The van der Waals surface area contributed by atoms with Crippen LogP contribution in [0.1, 0.15) is 5.56 Å². The molecule has 2 aromatic carbocycles. The molecule has 0 saturated carbocycles. The first-order chi connectivity index (χ1) is 9.49. The van der Waals surface area contributed by atoms with E-state index >= 15 is 0 Å². The van der Waals surface area contributed by atoms with Gasteiger partial charge in [0.15, 0.2) is 0 Å². The van der Waals surface area contributed by atoms with Crippen molar-refractivity contribution in [1.29, 1.82) is 0 Å². The van der Waals surface area contributed by atoms with Crippen molar-refractivity contribution in [1.82, 2.24) is 0 Å². The molecule has 0 aliphatic carbocycles. The molecule has 0 radical (unpaired) electrons. The molecule has 0 fully saturated rings. The van der Waals surface area contributed by atoms with Gasteiger partial charge in [0.05, 0.1) is 4.92 Å². The largest absolute Gasteiger partial charge is 0.450 e. The van der Waals surface area contributed by atoms with Crippen LogP contribution in [0.2, 0.25) is 10.0 Å². The number of nitrogens with zero attached hydrogens (tertiary/aromatic N) is 1. The van der Waals surface area contributed by atoms with E-state index in [0.717, 1.165) is 0 Å². The Morgan fingerprint density at radius 3 is 2.30 bits per heavy atom. The van der Waals surface area contributed by atoms with Crippen LogP contribution in [0.3, 0.4) is 0 Å². The Labute approximate surface area is 130 Å². The van der Waals surface area contributed by atoms with E-state index in [1.54, 1.807) is 12.1 Å². The summed E-state index contributed by atoms with van der Waals surface area (Å²) in [5.74, 6) is 0.607. The van der Waals surface area contributed by atoms with Crippen LogP contribution in [0.5, 0.6) is 11.5 Å². The Morgan fingerprint density at radius 2 is 1.75 bits per heavy atom. The maximum Gasteiger partial charge on any atom is 0.311 e. The van der Waals surface area contributed by atoms with Crippen molar-refractivity contribution in [3.8, 4) is 11.5 Å². The Hall–Kier alpha value is -1.49. The van der Waals surface area contributed by atoms with Crippen LogP contribution in [0.15, 0.2) is 36.4 Å². The predicted molar refractivity (Wildman–Crippen MR) is 79.2 cm³/mol. The predicted octanol–water partition coefficient (Wildman–Crippen LogP) is 5.43. The maximum atomic E-state index is 11.0. The summed E-state index contributed by atoms with van der Waals surface area (Å²) in [6.07, 6.45) is 0. The molecule has 0 spiro atoms. The third-order valence-corrected chi connectivity index (χ3v) is 3.18. The van der Waals surface area contributed by atoms with Crippen molar-refractivity contribution >= 4 is 40.5 Å². The zero-order chi connectivity index (χ0) is 14.7. The first-order valence-corrected chi connectivity index (χ1v) is 6.76. The van der Waals surface area contributed by atoms with Gasteiger partial charge < -0.3 is 4.74 Å². The Balaban J connectivity index is 2.39. The highest BCUT2D eigenvalue weighted by molar-refractivity contribution is 6.34.